The van der Waals surface area contributed by atoms with Gasteiger partial charge in [-0.2, -0.15) is 8.42 Å². The van der Waals surface area contributed by atoms with Crippen LogP contribution < -0.4 is 4.18 Å². The number of aromatic nitrogens is 1. The molecule has 0 amide bonds. The van der Waals surface area contributed by atoms with Gasteiger partial charge in [-0.1, -0.05) is 17.7 Å². The number of nitro groups is 1. The summed E-state index contributed by atoms with van der Waals surface area (Å²) in [7, 11) is -4.17. The number of halogens is 1. The lowest BCUT2D eigenvalue weighted by atomic mass is 10.2. The molecule has 0 aliphatic carbocycles. The molecule has 0 N–H and O–H groups in total. The van der Waals surface area contributed by atoms with Crippen LogP contribution in [0.1, 0.15) is 5.56 Å². The van der Waals surface area contributed by atoms with Crippen molar-refractivity contribution in [3.8, 4) is 5.88 Å². The molecule has 7 nitrogen and oxygen atoms in total. The molecular formula is C12H9IN2O5S. The van der Waals surface area contributed by atoms with Crippen LogP contribution in [0.4, 0.5) is 5.69 Å². The van der Waals surface area contributed by atoms with Crippen molar-refractivity contribution in [1.29, 1.82) is 0 Å². The number of pyridine rings is 1. The van der Waals surface area contributed by atoms with Gasteiger partial charge in [0.2, 0.25) is 0 Å². The van der Waals surface area contributed by atoms with Gasteiger partial charge in [-0.15, -0.1) is 0 Å². The summed E-state index contributed by atoms with van der Waals surface area (Å²) in [5.74, 6) is -0.555. The molecular weight excluding hydrogens is 411 g/mol. The lowest BCUT2D eigenvalue weighted by Gasteiger charge is -2.06. The van der Waals surface area contributed by atoms with Gasteiger partial charge < -0.3 is 4.18 Å². The number of rotatable bonds is 4. The van der Waals surface area contributed by atoms with Gasteiger partial charge in [0.15, 0.2) is 0 Å². The fourth-order valence-corrected chi connectivity index (χ4v) is 2.80. The normalized spacial score (nSPS) is 11.1. The minimum absolute atomic E-state index is 0.0947. The number of nitrogens with zero attached hydrogens (tertiary/aromatic N) is 2. The van der Waals surface area contributed by atoms with Crippen molar-refractivity contribution < 1.29 is 17.5 Å². The summed E-state index contributed by atoms with van der Waals surface area (Å²) in [6.07, 6.45) is 1.29. The predicted octanol–water partition coefficient (Wildman–Crippen LogP) is 2.67. The topological polar surface area (TPSA) is 99.4 Å². The van der Waals surface area contributed by atoms with Crippen LogP contribution in [0.15, 0.2) is 41.4 Å². The standard InChI is InChI=1S/C12H9IN2O5S/c1-8-2-4-10(5-3-8)21(18,19)20-12-11(15(16)17)6-9(13)7-14-12/h2-7H,1H3. The Hall–Kier alpha value is -1.75. The van der Waals surface area contributed by atoms with Gasteiger partial charge in [-0.3, -0.25) is 10.1 Å². The maximum atomic E-state index is 12.1. The second-order valence-electron chi connectivity index (χ2n) is 4.09. The summed E-state index contributed by atoms with van der Waals surface area (Å²) in [6, 6.07) is 7.12. The molecule has 0 unspecified atom stereocenters. The third kappa shape index (κ3) is 3.67. The Morgan fingerprint density at radius 1 is 1.29 bits per heavy atom. The summed E-state index contributed by atoms with van der Waals surface area (Å²) in [5.41, 5.74) is 0.380. The van der Waals surface area contributed by atoms with Crippen LogP contribution in [0.2, 0.25) is 0 Å². The Morgan fingerprint density at radius 2 is 1.90 bits per heavy atom. The Kier molecular flexibility index (Phi) is 4.42. The van der Waals surface area contributed by atoms with E-state index in [4.69, 9.17) is 4.18 Å². The van der Waals surface area contributed by atoms with E-state index < -0.39 is 26.6 Å². The highest BCUT2D eigenvalue weighted by molar-refractivity contribution is 14.1. The van der Waals surface area contributed by atoms with Gasteiger partial charge in [0.25, 0.3) is 0 Å². The molecule has 0 aliphatic rings. The predicted molar refractivity (Wildman–Crippen MR) is 82.6 cm³/mol. The summed E-state index contributed by atoms with van der Waals surface area (Å²) in [5, 5.41) is 10.9. The van der Waals surface area contributed by atoms with E-state index in [0.717, 1.165) is 5.56 Å². The van der Waals surface area contributed by atoms with Gasteiger partial charge in [-0.05, 0) is 41.6 Å². The lowest BCUT2D eigenvalue weighted by molar-refractivity contribution is -0.385. The van der Waals surface area contributed by atoms with Gasteiger partial charge in [0.1, 0.15) is 4.90 Å². The number of hydrogen-bond acceptors (Lipinski definition) is 6. The van der Waals surface area contributed by atoms with Crippen molar-refractivity contribution in [2.75, 3.05) is 0 Å². The Balaban J connectivity index is 2.41. The van der Waals surface area contributed by atoms with E-state index in [9.17, 15) is 18.5 Å². The minimum atomic E-state index is -4.17. The highest BCUT2D eigenvalue weighted by Gasteiger charge is 2.25. The molecule has 21 heavy (non-hydrogen) atoms. The van der Waals surface area contributed by atoms with Gasteiger partial charge in [0, 0.05) is 15.8 Å². The molecule has 1 aromatic heterocycles. The zero-order chi connectivity index (χ0) is 15.6. The van der Waals surface area contributed by atoms with E-state index in [-0.39, 0.29) is 4.90 Å². The summed E-state index contributed by atoms with van der Waals surface area (Å²) < 4.78 is 29.5. The quantitative estimate of drug-likeness (QED) is 0.327. The third-order valence-corrected chi connectivity index (χ3v) is 4.31. The van der Waals surface area contributed by atoms with E-state index in [1.807, 2.05) is 29.5 Å². The van der Waals surface area contributed by atoms with Gasteiger partial charge >= 0.3 is 21.7 Å². The summed E-state index contributed by atoms with van der Waals surface area (Å²) in [6.45, 7) is 1.81. The van der Waals surface area contributed by atoms with Crippen LogP contribution in [0.3, 0.4) is 0 Å². The SMILES string of the molecule is Cc1ccc(S(=O)(=O)Oc2ncc(I)cc2[N+](=O)[O-])cc1. The summed E-state index contributed by atoms with van der Waals surface area (Å²) >= 11 is 1.84. The molecule has 0 bridgehead atoms. The van der Waals surface area contributed by atoms with Crippen LogP contribution in [0.5, 0.6) is 5.88 Å². The lowest BCUT2D eigenvalue weighted by Crippen LogP contribution is -2.12. The van der Waals surface area contributed by atoms with Gasteiger partial charge in [-0.25, -0.2) is 4.98 Å². The molecule has 110 valence electrons. The van der Waals surface area contributed by atoms with E-state index in [1.54, 1.807) is 12.1 Å². The second-order valence-corrected chi connectivity index (χ2v) is 6.88. The van der Waals surface area contributed by atoms with Crippen molar-refractivity contribution in [3.63, 3.8) is 0 Å². The number of aryl methyl sites for hydroxylation is 1. The van der Waals surface area contributed by atoms with Crippen molar-refractivity contribution >= 4 is 38.4 Å². The van der Waals surface area contributed by atoms with Crippen molar-refractivity contribution in [1.82, 2.24) is 4.98 Å². The summed E-state index contributed by atoms with van der Waals surface area (Å²) in [4.78, 5) is 13.8. The third-order valence-electron chi connectivity index (χ3n) is 2.49. The van der Waals surface area contributed by atoms with Crippen LogP contribution in [0.25, 0.3) is 0 Å². The molecule has 9 heteroatoms. The van der Waals surface area contributed by atoms with Crippen molar-refractivity contribution in [3.05, 3.63) is 55.8 Å². The van der Waals surface area contributed by atoms with Crippen molar-refractivity contribution in [2.45, 2.75) is 11.8 Å². The highest BCUT2D eigenvalue weighted by atomic mass is 127. The van der Waals surface area contributed by atoms with Gasteiger partial charge in [0.05, 0.1) is 4.92 Å². The van der Waals surface area contributed by atoms with E-state index >= 15 is 0 Å². The van der Waals surface area contributed by atoms with E-state index in [2.05, 4.69) is 4.98 Å². The second kappa shape index (κ2) is 5.93. The fraction of sp³-hybridized carbons (Fsp3) is 0.0833. The van der Waals surface area contributed by atoms with Crippen LogP contribution in [0, 0.1) is 20.6 Å². The molecule has 0 saturated heterocycles. The fourth-order valence-electron chi connectivity index (χ4n) is 1.47. The smallest absolute Gasteiger partial charge is 0.340 e. The van der Waals surface area contributed by atoms with Crippen molar-refractivity contribution in [2.24, 2.45) is 0 Å². The molecule has 2 aromatic rings. The first-order valence-corrected chi connectivity index (χ1v) is 8.09. The van der Waals surface area contributed by atoms with E-state index in [0.29, 0.717) is 3.57 Å². The average Bonchev–Trinajstić information content (AvgIpc) is 2.41. The average molecular weight is 420 g/mol. The Bertz CT molecular complexity index is 790. The molecule has 0 fully saturated rings. The Morgan fingerprint density at radius 3 is 2.48 bits per heavy atom. The molecule has 0 aliphatic heterocycles. The van der Waals surface area contributed by atoms with Crippen LogP contribution in [-0.2, 0) is 10.1 Å². The molecule has 0 saturated carbocycles. The largest absolute Gasteiger partial charge is 0.351 e. The van der Waals surface area contributed by atoms with Crippen LogP contribution in [-0.4, -0.2) is 18.3 Å². The molecule has 2 rings (SSSR count). The molecule has 1 aromatic carbocycles. The number of benzene rings is 1. The number of hydrogen-bond donors (Lipinski definition) is 0. The monoisotopic (exact) mass is 420 g/mol. The van der Waals surface area contributed by atoms with Crippen LogP contribution >= 0.6 is 22.6 Å². The van der Waals surface area contributed by atoms with E-state index in [1.165, 1.54) is 24.4 Å². The molecule has 1 heterocycles. The maximum absolute atomic E-state index is 12.1. The zero-order valence-corrected chi connectivity index (χ0v) is 13.7. The Labute approximate surface area is 134 Å². The first kappa shape index (κ1) is 15.6. The molecule has 0 radical (unpaired) electrons. The first-order chi connectivity index (χ1) is 9.79. The zero-order valence-electron chi connectivity index (χ0n) is 10.7. The highest BCUT2D eigenvalue weighted by Crippen LogP contribution is 2.28. The maximum Gasteiger partial charge on any atom is 0.340 e. The first-order valence-electron chi connectivity index (χ1n) is 5.61. The molecule has 0 spiro atoms. The molecule has 0 atom stereocenters. The minimum Gasteiger partial charge on any atom is -0.351 e.